The molecule has 0 radical (unpaired) electrons. The molecule has 2 aromatic rings. The second kappa shape index (κ2) is 5.36. The molecule has 0 bridgehead atoms. The third-order valence-corrected chi connectivity index (χ3v) is 5.25. The molecule has 4 heteroatoms. The summed E-state index contributed by atoms with van der Waals surface area (Å²) in [6, 6.07) is 17.0. The van der Waals surface area contributed by atoms with Crippen LogP contribution in [0.4, 0.5) is 0 Å². The van der Waals surface area contributed by atoms with Gasteiger partial charge in [0.2, 0.25) is 5.69 Å². The number of hydrogen-bond acceptors (Lipinski definition) is 2. The number of fused-ring (bicyclic) bond motifs is 1. The van der Waals surface area contributed by atoms with Gasteiger partial charge in [0.15, 0.2) is 6.04 Å². The molecule has 1 aromatic heterocycles. The Hall–Kier alpha value is -1.31. The molecule has 0 aliphatic carbocycles. The Labute approximate surface area is 125 Å². The van der Waals surface area contributed by atoms with Gasteiger partial charge in [0.25, 0.3) is 5.03 Å². The number of pyridine rings is 1. The van der Waals surface area contributed by atoms with E-state index >= 15 is 0 Å². The number of nitriles is 1. The topological polar surface area (TPSA) is 27.7 Å². The van der Waals surface area contributed by atoms with E-state index < -0.39 is 0 Å². The summed E-state index contributed by atoms with van der Waals surface area (Å²) in [6.07, 6.45) is 0. The van der Waals surface area contributed by atoms with Crippen LogP contribution in [0.5, 0.6) is 0 Å². The summed E-state index contributed by atoms with van der Waals surface area (Å²) in [6.45, 7) is 0. The number of thioether (sulfide) groups is 1. The third kappa shape index (κ3) is 2.18. The molecule has 19 heavy (non-hydrogen) atoms. The lowest BCUT2D eigenvalue weighted by Crippen LogP contribution is -2.42. The van der Waals surface area contributed by atoms with Crippen LogP contribution in [0.15, 0.2) is 47.5 Å². The number of halogens is 1. The van der Waals surface area contributed by atoms with Crippen molar-refractivity contribution in [3.05, 3.63) is 48.0 Å². The third-order valence-electron chi connectivity index (χ3n) is 3.26. The minimum atomic E-state index is 0.406. The SMILES string of the molecule is N#Cc1ccc(-c2ccccc2)[n+]2c1SCC2CBr. The van der Waals surface area contributed by atoms with E-state index in [-0.39, 0.29) is 0 Å². The zero-order chi connectivity index (χ0) is 13.2. The average Bonchev–Trinajstić information content (AvgIpc) is 2.91. The van der Waals surface area contributed by atoms with Gasteiger partial charge in [-0.25, -0.2) is 0 Å². The molecule has 2 nitrogen and oxygen atoms in total. The molecule has 3 rings (SSSR count). The molecule has 0 N–H and O–H groups in total. The van der Waals surface area contributed by atoms with E-state index in [0.717, 1.165) is 21.7 Å². The lowest BCUT2D eigenvalue weighted by atomic mass is 10.1. The van der Waals surface area contributed by atoms with Crippen molar-refractivity contribution in [2.45, 2.75) is 11.1 Å². The van der Waals surface area contributed by atoms with Gasteiger partial charge in [-0.3, -0.25) is 0 Å². The Kier molecular flexibility index (Phi) is 3.58. The quantitative estimate of drug-likeness (QED) is 0.621. The van der Waals surface area contributed by atoms with Gasteiger partial charge in [-0.05, 0) is 30.0 Å². The van der Waals surface area contributed by atoms with Crippen LogP contribution in [-0.2, 0) is 0 Å². The van der Waals surface area contributed by atoms with E-state index in [1.165, 1.54) is 11.3 Å². The van der Waals surface area contributed by atoms with Gasteiger partial charge in [-0.1, -0.05) is 34.1 Å². The summed E-state index contributed by atoms with van der Waals surface area (Å²) in [5.41, 5.74) is 3.15. The highest BCUT2D eigenvalue weighted by molar-refractivity contribution is 9.09. The fraction of sp³-hybridized carbons (Fsp3) is 0.200. The Morgan fingerprint density at radius 2 is 2.05 bits per heavy atom. The first-order chi connectivity index (χ1) is 9.35. The first kappa shape index (κ1) is 12.7. The monoisotopic (exact) mass is 331 g/mol. The van der Waals surface area contributed by atoms with Crippen LogP contribution in [0.3, 0.4) is 0 Å². The van der Waals surface area contributed by atoms with E-state index in [0.29, 0.717) is 6.04 Å². The summed E-state index contributed by atoms with van der Waals surface area (Å²) in [4.78, 5) is 0. The minimum absolute atomic E-state index is 0.406. The van der Waals surface area contributed by atoms with Crippen molar-refractivity contribution in [1.29, 1.82) is 5.26 Å². The highest BCUT2D eigenvalue weighted by Gasteiger charge is 2.36. The number of benzene rings is 1. The average molecular weight is 332 g/mol. The Morgan fingerprint density at radius 3 is 2.74 bits per heavy atom. The standard InChI is InChI=1S/C15H12BrN2S/c16-8-13-10-19-15-12(9-17)6-7-14(18(13)15)11-4-2-1-3-5-11/h1-7,13H,8,10H2/q+1. The molecule has 0 saturated carbocycles. The van der Waals surface area contributed by atoms with Crippen LogP contribution in [0.25, 0.3) is 11.3 Å². The van der Waals surface area contributed by atoms with Crippen molar-refractivity contribution >= 4 is 27.7 Å². The summed E-state index contributed by atoms with van der Waals surface area (Å²) >= 11 is 5.35. The zero-order valence-electron chi connectivity index (χ0n) is 10.2. The molecule has 0 spiro atoms. The van der Waals surface area contributed by atoms with Gasteiger partial charge in [-0.2, -0.15) is 9.83 Å². The van der Waals surface area contributed by atoms with Gasteiger partial charge in [0, 0.05) is 11.6 Å². The molecule has 2 heterocycles. The van der Waals surface area contributed by atoms with Crippen molar-refractivity contribution < 1.29 is 4.57 Å². The molecule has 94 valence electrons. The first-order valence-corrected chi connectivity index (χ1v) is 8.18. The van der Waals surface area contributed by atoms with Gasteiger partial charge < -0.3 is 0 Å². The number of rotatable bonds is 2. The number of alkyl halides is 1. The molecule has 0 fully saturated rings. The lowest BCUT2D eigenvalue weighted by molar-refractivity contribution is -0.732. The highest BCUT2D eigenvalue weighted by atomic mass is 79.9. The number of hydrogen-bond donors (Lipinski definition) is 0. The van der Waals surface area contributed by atoms with Gasteiger partial charge in [-0.15, -0.1) is 0 Å². The largest absolute Gasteiger partial charge is 0.259 e. The molecule has 1 atom stereocenters. The highest BCUT2D eigenvalue weighted by Crippen LogP contribution is 2.33. The Balaban J connectivity index is 2.23. The van der Waals surface area contributed by atoms with Crippen molar-refractivity contribution in [3.63, 3.8) is 0 Å². The second-order valence-electron chi connectivity index (χ2n) is 4.40. The summed E-state index contributed by atoms with van der Waals surface area (Å²) in [5, 5.41) is 11.2. The summed E-state index contributed by atoms with van der Waals surface area (Å²) in [7, 11) is 0. The fourth-order valence-corrected chi connectivity index (χ4v) is 4.45. The van der Waals surface area contributed by atoms with E-state index in [4.69, 9.17) is 0 Å². The van der Waals surface area contributed by atoms with Crippen molar-refractivity contribution in [2.75, 3.05) is 11.1 Å². The predicted molar refractivity (Wildman–Crippen MR) is 80.3 cm³/mol. The first-order valence-electron chi connectivity index (χ1n) is 6.08. The molecule has 0 amide bonds. The van der Waals surface area contributed by atoms with Crippen LogP contribution in [0, 0.1) is 11.3 Å². The van der Waals surface area contributed by atoms with E-state index in [2.05, 4.69) is 44.8 Å². The minimum Gasteiger partial charge on any atom is -0.192 e. The number of nitrogens with zero attached hydrogens (tertiary/aromatic N) is 2. The molecular weight excluding hydrogens is 320 g/mol. The van der Waals surface area contributed by atoms with E-state index in [1.54, 1.807) is 11.8 Å². The van der Waals surface area contributed by atoms with Crippen LogP contribution in [0.1, 0.15) is 11.6 Å². The molecule has 0 saturated heterocycles. The maximum atomic E-state index is 9.23. The molecule has 1 unspecified atom stereocenters. The lowest BCUT2D eigenvalue weighted by Gasteiger charge is -2.08. The van der Waals surface area contributed by atoms with Crippen LogP contribution in [-0.4, -0.2) is 11.1 Å². The molecule has 1 aliphatic rings. The molecule has 1 aliphatic heterocycles. The van der Waals surface area contributed by atoms with Gasteiger partial charge >= 0.3 is 0 Å². The summed E-state index contributed by atoms with van der Waals surface area (Å²) < 4.78 is 2.30. The summed E-state index contributed by atoms with van der Waals surface area (Å²) in [5.74, 6) is 1.02. The normalized spacial score (nSPS) is 16.9. The molecular formula is C15H12BrN2S+. The van der Waals surface area contributed by atoms with Crippen molar-refractivity contribution in [3.8, 4) is 17.3 Å². The van der Waals surface area contributed by atoms with Crippen LogP contribution in [0.2, 0.25) is 0 Å². The second-order valence-corrected chi connectivity index (χ2v) is 6.06. The maximum absolute atomic E-state index is 9.23. The van der Waals surface area contributed by atoms with E-state index in [1.807, 2.05) is 24.3 Å². The van der Waals surface area contributed by atoms with Gasteiger partial charge in [0.1, 0.15) is 11.6 Å². The predicted octanol–water partition coefficient (Wildman–Crippen LogP) is 3.55. The van der Waals surface area contributed by atoms with Gasteiger partial charge in [0.05, 0.1) is 11.1 Å². The Bertz CT molecular complexity index is 649. The number of aromatic nitrogens is 1. The molecule has 1 aromatic carbocycles. The Morgan fingerprint density at radius 1 is 1.26 bits per heavy atom. The van der Waals surface area contributed by atoms with E-state index in [9.17, 15) is 5.26 Å². The van der Waals surface area contributed by atoms with Crippen LogP contribution >= 0.6 is 27.7 Å². The zero-order valence-corrected chi connectivity index (χ0v) is 12.6. The van der Waals surface area contributed by atoms with Crippen molar-refractivity contribution in [2.24, 2.45) is 0 Å². The fourth-order valence-electron chi connectivity index (χ4n) is 2.36. The smallest absolute Gasteiger partial charge is 0.192 e. The maximum Gasteiger partial charge on any atom is 0.259 e. The van der Waals surface area contributed by atoms with Crippen molar-refractivity contribution in [1.82, 2.24) is 0 Å². The van der Waals surface area contributed by atoms with Crippen LogP contribution < -0.4 is 4.57 Å².